The summed E-state index contributed by atoms with van der Waals surface area (Å²) in [5.41, 5.74) is 11.4. The number of H-pyrrole nitrogens is 1. The summed E-state index contributed by atoms with van der Waals surface area (Å²) in [6, 6.07) is 4.35. The molecule has 2 rings (SSSR count). The number of hydrogen-bond donors (Lipinski definition) is 2. The van der Waals surface area contributed by atoms with E-state index in [2.05, 4.69) is 42.9 Å². The van der Waals surface area contributed by atoms with Gasteiger partial charge in [-0.1, -0.05) is 17.7 Å². The van der Waals surface area contributed by atoms with Gasteiger partial charge in [0, 0.05) is 12.4 Å². The molecule has 1 unspecified atom stereocenters. The summed E-state index contributed by atoms with van der Waals surface area (Å²) in [6.45, 7) is 6.41. The Balaban J connectivity index is 2.25. The molecule has 17 heavy (non-hydrogen) atoms. The fourth-order valence-corrected chi connectivity index (χ4v) is 2.33. The number of aromatic nitrogens is 2. The monoisotopic (exact) mass is 229 g/mol. The predicted octanol–water partition coefficient (Wildman–Crippen LogP) is 2.58. The first-order valence-corrected chi connectivity index (χ1v) is 5.89. The number of benzene rings is 1. The Labute approximate surface area is 102 Å². The zero-order chi connectivity index (χ0) is 12.4. The van der Waals surface area contributed by atoms with Crippen molar-refractivity contribution in [2.45, 2.75) is 33.2 Å². The van der Waals surface area contributed by atoms with Crippen LogP contribution in [0.3, 0.4) is 0 Å². The van der Waals surface area contributed by atoms with E-state index in [4.69, 9.17) is 5.73 Å². The van der Waals surface area contributed by atoms with E-state index in [1.807, 2.05) is 6.20 Å². The summed E-state index contributed by atoms with van der Waals surface area (Å²) in [5, 5.41) is 0. The van der Waals surface area contributed by atoms with E-state index in [9.17, 15) is 0 Å². The lowest BCUT2D eigenvalue weighted by atomic mass is 9.94. The fourth-order valence-electron chi connectivity index (χ4n) is 2.33. The molecule has 0 saturated carbocycles. The zero-order valence-electron chi connectivity index (χ0n) is 10.6. The second kappa shape index (κ2) is 4.72. The van der Waals surface area contributed by atoms with Crippen LogP contribution in [0.25, 0.3) is 0 Å². The maximum atomic E-state index is 6.15. The van der Waals surface area contributed by atoms with Crippen LogP contribution in [-0.4, -0.2) is 9.97 Å². The molecule has 3 N–H and O–H groups in total. The molecular weight excluding hydrogens is 210 g/mol. The molecule has 0 aliphatic rings. The Bertz CT molecular complexity index is 477. The molecule has 2 aromatic rings. The van der Waals surface area contributed by atoms with Gasteiger partial charge in [-0.25, -0.2) is 4.98 Å². The van der Waals surface area contributed by atoms with Gasteiger partial charge in [0.15, 0.2) is 0 Å². The minimum absolute atomic E-state index is 0.0647. The van der Waals surface area contributed by atoms with Gasteiger partial charge in [0.1, 0.15) is 5.82 Å². The molecule has 1 aromatic carbocycles. The highest BCUT2D eigenvalue weighted by Crippen LogP contribution is 2.21. The fraction of sp³-hybridized carbons (Fsp3) is 0.357. The maximum absolute atomic E-state index is 6.15. The summed E-state index contributed by atoms with van der Waals surface area (Å²) >= 11 is 0. The highest BCUT2D eigenvalue weighted by Gasteiger charge is 2.12. The van der Waals surface area contributed by atoms with Crippen molar-refractivity contribution < 1.29 is 0 Å². The molecule has 0 saturated heterocycles. The van der Waals surface area contributed by atoms with Gasteiger partial charge in [-0.3, -0.25) is 0 Å². The molecule has 1 aromatic heterocycles. The van der Waals surface area contributed by atoms with Crippen LogP contribution in [0.2, 0.25) is 0 Å². The lowest BCUT2D eigenvalue weighted by molar-refractivity contribution is 0.673. The van der Waals surface area contributed by atoms with E-state index in [1.165, 1.54) is 22.3 Å². The molecule has 0 spiro atoms. The van der Waals surface area contributed by atoms with Crippen LogP contribution in [-0.2, 0) is 6.42 Å². The molecule has 0 bridgehead atoms. The summed E-state index contributed by atoms with van der Waals surface area (Å²) in [7, 11) is 0. The molecule has 1 heterocycles. The normalized spacial score (nSPS) is 12.7. The topological polar surface area (TPSA) is 54.7 Å². The number of nitrogens with two attached hydrogens (primary N) is 1. The van der Waals surface area contributed by atoms with Crippen molar-refractivity contribution in [2.24, 2.45) is 5.73 Å². The Kier molecular flexibility index (Phi) is 3.29. The van der Waals surface area contributed by atoms with E-state index >= 15 is 0 Å². The van der Waals surface area contributed by atoms with E-state index in [1.54, 1.807) is 6.20 Å². The first-order valence-electron chi connectivity index (χ1n) is 5.89. The predicted molar refractivity (Wildman–Crippen MR) is 69.9 cm³/mol. The molecule has 0 amide bonds. The zero-order valence-corrected chi connectivity index (χ0v) is 10.6. The van der Waals surface area contributed by atoms with Crippen molar-refractivity contribution in [3.8, 4) is 0 Å². The number of nitrogens with one attached hydrogen (secondary N) is 1. The first-order chi connectivity index (χ1) is 8.08. The highest BCUT2D eigenvalue weighted by molar-refractivity contribution is 5.38. The van der Waals surface area contributed by atoms with Gasteiger partial charge in [-0.05, 0) is 43.9 Å². The first kappa shape index (κ1) is 11.9. The van der Waals surface area contributed by atoms with Gasteiger partial charge in [0.25, 0.3) is 0 Å². The molecule has 0 radical (unpaired) electrons. The smallest absolute Gasteiger partial charge is 0.123 e. The minimum atomic E-state index is -0.0647. The van der Waals surface area contributed by atoms with Crippen LogP contribution in [0.4, 0.5) is 0 Å². The third-order valence-corrected chi connectivity index (χ3v) is 3.13. The Morgan fingerprint density at radius 1 is 1.24 bits per heavy atom. The van der Waals surface area contributed by atoms with E-state index < -0.39 is 0 Å². The summed E-state index contributed by atoms with van der Waals surface area (Å²) < 4.78 is 0. The lowest BCUT2D eigenvalue weighted by Gasteiger charge is -2.15. The van der Waals surface area contributed by atoms with Gasteiger partial charge < -0.3 is 10.7 Å². The quantitative estimate of drug-likeness (QED) is 0.850. The van der Waals surface area contributed by atoms with Gasteiger partial charge in [0.05, 0.1) is 6.04 Å². The molecular formula is C14H19N3. The maximum Gasteiger partial charge on any atom is 0.123 e. The average Bonchev–Trinajstić information content (AvgIpc) is 2.76. The van der Waals surface area contributed by atoms with Crippen LogP contribution in [0.1, 0.15) is 34.1 Å². The summed E-state index contributed by atoms with van der Waals surface area (Å²) in [5.74, 6) is 0.851. The van der Waals surface area contributed by atoms with E-state index in [0.717, 1.165) is 12.2 Å². The average molecular weight is 229 g/mol. The lowest BCUT2D eigenvalue weighted by Crippen LogP contribution is -2.16. The highest BCUT2D eigenvalue weighted by atomic mass is 14.9. The second-order valence-electron chi connectivity index (χ2n) is 4.66. The van der Waals surface area contributed by atoms with Crippen molar-refractivity contribution in [2.75, 3.05) is 0 Å². The molecule has 0 aliphatic carbocycles. The largest absolute Gasteiger partial charge is 0.347 e. The third kappa shape index (κ3) is 2.56. The van der Waals surface area contributed by atoms with Crippen molar-refractivity contribution >= 4 is 0 Å². The van der Waals surface area contributed by atoms with E-state index in [0.29, 0.717) is 0 Å². The molecule has 0 aliphatic heterocycles. The van der Waals surface area contributed by atoms with Crippen molar-refractivity contribution in [1.82, 2.24) is 9.97 Å². The number of aromatic amines is 1. The molecule has 0 fully saturated rings. The summed E-state index contributed by atoms with van der Waals surface area (Å²) in [6.07, 6.45) is 4.37. The van der Waals surface area contributed by atoms with Crippen molar-refractivity contribution in [1.29, 1.82) is 0 Å². The van der Waals surface area contributed by atoms with Crippen LogP contribution in [0.15, 0.2) is 24.5 Å². The van der Waals surface area contributed by atoms with Gasteiger partial charge in [-0.15, -0.1) is 0 Å². The standard InChI is InChI=1S/C14H19N3/c1-9-6-10(2)12(11(3)7-9)8-13(15)14-16-4-5-17-14/h4-7,13H,8,15H2,1-3H3,(H,16,17). The number of rotatable bonds is 3. The third-order valence-electron chi connectivity index (χ3n) is 3.13. The SMILES string of the molecule is Cc1cc(C)c(CC(N)c2ncc[nH]2)c(C)c1. The molecule has 1 atom stereocenters. The van der Waals surface area contributed by atoms with Crippen LogP contribution in [0.5, 0.6) is 0 Å². The molecule has 3 nitrogen and oxygen atoms in total. The van der Waals surface area contributed by atoms with Crippen LogP contribution in [0, 0.1) is 20.8 Å². The van der Waals surface area contributed by atoms with Crippen molar-refractivity contribution in [3.63, 3.8) is 0 Å². The van der Waals surface area contributed by atoms with Gasteiger partial charge >= 0.3 is 0 Å². The number of nitrogens with zero attached hydrogens (tertiary/aromatic N) is 1. The van der Waals surface area contributed by atoms with Gasteiger partial charge in [-0.2, -0.15) is 0 Å². The molecule has 90 valence electrons. The van der Waals surface area contributed by atoms with Gasteiger partial charge in [0.2, 0.25) is 0 Å². The minimum Gasteiger partial charge on any atom is -0.347 e. The summed E-state index contributed by atoms with van der Waals surface area (Å²) in [4.78, 5) is 7.28. The molecule has 3 heteroatoms. The number of imidazole rings is 1. The number of aryl methyl sites for hydroxylation is 3. The Hall–Kier alpha value is -1.61. The second-order valence-corrected chi connectivity index (χ2v) is 4.66. The van der Waals surface area contributed by atoms with Crippen LogP contribution >= 0.6 is 0 Å². The Morgan fingerprint density at radius 2 is 1.88 bits per heavy atom. The number of hydrogen-bond acceptors (Lipinski definition) is 2. The Morgan fingerprint density at radius 3 is 2.41 bits per heavy atom. The van der Waals surface area contributed by atoms with Crippen molar-refractivity contribution in [3.05, 3.63) is 52.6 Å². The van der Waals surface area contributed by atoms with Crippen LogP contribution < -0.4 is 5.73 Å². The van der Waals surface area contributed by atoms with E-state index in [-0.39, 0.29) is 6.04 Å².